The van der Waals surface area contributed by atoms with E-state index in [1.165, 1.54) is 5.56 Å². The zero-order valence-corrected chi connectivity index (χ0v) is 16.6. The molecule has 0 unspecified atom stereocenters. The van der Waals surface area contributed by atoms with Crippen molar-refractivity contribution < 1.29 is 14.3 Å². The summed E-state index contributed by atoms with van der Waals surface area (Å²) in [5, 5.41) is 0.714. The van der Waals surface area contributed by atoms with Gasteiger partial charge in [0.25, 0.3) is 0 Å². The zero-order chi connectivity index (χ0) is 19.3. The molecule has 28 heavy (non-hydrogen) atoms. The van der Waals surface area contributed by atoms with Crippen LogP contribution in [0.25, 0.3) is 0 Å². The van der Waals surface area contributed by atoms with E-state index in [9.17, 15) is 4.79 Å². The van der Waals surface area contributed by atoms with E-state index < -0.39 is 0 Å². The smallest absolute Gasteiger partial charge is 0.231 e. The van der Waals surface area contributed by atoms with Crippen LogP contribution in [-0.2, 0) is 11.3 Å². The fraction of sp³-hybridized carbons (Fsp3) is 0.409. The van der Waals surface area contributed by atoms with Gasteiger partial charge in [-0.1, -0.05) is 41.9 Å². The Hall–Kier alpha value is -2.24. The fourth-order valence-corrected chi connectivity index (χ4v) is 5.20. The van der Waals surface area contributed by atoms with Crippen LogP contribution >= 0.6 is 11.6 Å². The Bertz CT molecular complexity index is 904. The number of halogens is 1. The largest absolute Gasteiger partial charge is 0.454 e. The van der Waals surface area contributed by atoms with Crippen molar-refractivity contribution in [3.63, 3.8) is 0 Å². The van der Waals surface area contributed by atoms with Gasteiger partial charge in [-0.15, -0.1) is 0 Å². The molecule has 5 rings (SSSR count). The second kappa shape index (κ2) is 6.98. The quantitative estimate of drug-likeness (QED) is 0.790. The Morgan fingerprint density at radius 1 is 1.11 bits per heavy atom. The Balaban J connectivity index is 1.36. The predicted molar refractivity (Wildman–Crippen MR) is 106 cm³/mol. The number of likely N-dealkylation sites (tertiary alicyclic amines) is 2. The minimum absolute atomic E-state index is 0.154. The van der Waals surface area contributed by atoms with E-state index in [1.807, 2.05) is 18.2 Å². The lowest BCUT2D eigenvalue weighted by Crippen LogP contribution is -2.34. The molecule has 3 atom stereocenters. The van der Waals surface area contributed by atoms with E-state index in [0.717, 1.165) is 37.5 Å². The van der Waals surface area contributed by atoms with Gasteiger partial charge in [-0.25, -0.2) is 0 Å². The van der Waals surface area contributed by atoms with Crippen molar-refractivity contribution in [3.05, 3.63) is 58.6 Å². The van der Waals surface area contributed by atoms with E-state index >= 15 is 0 Å². The van der Waals surface area contributed by atoms with Gasteiger partial charge in [0.05, 0.1) is 6.04 Å². The van der Waals surface area contributed by atoms with Crippen LogP contribution in [0, 0.1) is 11.8 Å². The highest BCUT2D eigenvalue weighted by atomic mass is 35.5. The minimum atomic E-state index is 0.154. The normalized spacial score (nSPS) is 25.9. The lowest BCUT2D eigenvalue weighted by atomic mass is 9.89. The van der Waals surface area contributed by atoms with Gasteiger partial charge in [0.1, 0.15) is 0 Å². The molecule has 0 saturated carbocycles. The number of rotatable bonds is 3. The van der Waals surface area contributed by atoms with Crippen molar-refractivity contribution in [1.29, 1.82) is 0 Å². The molecule has 0 spiro atoms. The van der Waals surface area contributed by atoms with Crippen LogP contribution in [0.15, 0.2) is 42.5 Å². The van der Waals surface area contributed by atoms with Crippen molar-refractivity contribution in [2.45, 2.75) is 19.5 Å². The minimum Gasteiger partial charge on any atom is -0.454 e. The molecule has 2 saturated heterocycles. The van der Waals surface area contributed by atoms with Gasteiger partial charge in [-0.2, -0.15) is 0 Å². The lowest BCUT2D eigenvalue weighted by molar-refractivity contribution is -0.130. The number of carbonyl (C=O) groups is 1. The average Bonchev–Trinajstić information content (AvgIpc) is 3.36. The molecule has 2 aromatic rings. The number of hydrogen-bond donors (Lipinski definition) is 0. The van der Waals surface area contributed by atoms with Gasteiger partial charge < -0.3 is 14.4 Å². The van der Waals surface area contributed by atoms with Gasteiger partial charge in [0.15, 0.2) is 11.5 Å². The molecule has 146 valence electrons. The van der Waals surface area contributed by atoms with E-state index in [-0.39, 0.29) is 18.7 Å². The molecule has 0 aliphatic carbocycles. The third kappa shape index (κ3) is 3.03. The Morgan fingerprint density at radius 3 is 2.61 bits per heavy atom. The summed E-state index contributed by atoms with van der Waals surface area (Å²) in [6.07, 6.45) is 0. The molecule has 0 N–H and O–H groups in total. The number of carbonyl (C=O) groups excluding carboxylic acids is 1. The first-order valence-electron chi connectivity index (χ1n) is 9.72. The molecular weight excluding hydrogens is 376 g/mol. The summed E-state index contributed by atoms with van der Waals surface area (Å²) in [4.78, 5) is 16.8. The summed E-state index contributed by atoms with van der Waals surface area (Å²) < 4.78 is 10.9. The van der Waals surface area contributed by atoms with Crippen LogP contribution in [0.3, 0.4) is 0 Å². The molecule has 0 aromatic heterocycles. The Labute approximate surface area is 169 Å². The van der Waals surface area contributed by atoms with Crippen LogP contribution in [0.4, 0.5) is 0 Å². The van der Waals surface area contributed by atoms with E-state index in [0.29, 0.717) is 22.6 Å². The molecule has 3 heterocycles. The van der Waals surface area contributed by atoms with Crippen LogP contribution in [-0.4, -0.2) is 42.1 Å². The SMILES string of the molecule is CC(=O)N1C[C@H]2CN(Cc3cc4c(cc3Cl)OCO4)C[C@H]2[C@@H]1c1ccccc1. The number of ether oxygens (including phenoxy) is 2. The number of amides is 1. The van der Waals surface area contributed by atoms with Gasteiger partial charge >= 0.3 is 0 Å². The van der Waals surface area contributed by atoms with E-state index in [1.54, 1.807) is 6.92 Å². The van der Waals surface area contributed by atoms with Gasteiger partial charge in [-0.05, 0) is 23.1 Å². The first kappa shape index (κ1) is 17.8. The molecule has 6 heteroatoms. The fourth-order valence-electron chi connectivity index (χ4n) is 4.99. The summed E-state index contributed by atoms with van der Waals surface area (Å²) in [6.45, 7) is 5.47. The van der Waals surface area contributed by atoms with Gasteiger partial charge in [0.2, 0.25) is 12.7 Å². The maximum absolute atomic E-state index is 12.3. The summed E-state index contributed by atoms with van der Waals surface area (Å²) in [5.41, 5.74) is 2.29. The molecule has 0 bridgehead atoms. The maximum atomic E-state index is 12.3. The highest BCUT2D eigenvalue weighted by Gasteiger charge is 2.48. The third-order valence-corrected chi connectivity index (χ3v) is 6.57. The highest BCUT2D eigenvalue weighted by molar-refractivity contribution is 6.31. The summed E-state index contributed by atoms with van der Waals surface area (Å²) in [5.74, 6) is 2.58. The number of fused-ring (bicyclic) bond motifs is 2. The average molecular weight is 399 g/mol. The molecule has 5 nitrogen and oxygen atoms in total. The van der Waals surface area contributed by atoms with E-state index in [4.69, 9.17) is 21.1 Å². The predicted octanol–water partition coefficient (Wildman–Crippen LogP) is 3.72. The Kier molecular flexibility index (Phi) is 4.44. The highest BCUT2D eigenvalue weighted by Crippen LogP contribution is 2.46. The lowest BCUT2D eigenvalue weighted by Gasteiger charge is -2.29. The molecule has 3 aliphatic rings. The number of hydrogen-bond acceptors (Lipinski definition) is 4. The van der Waals surface area contributed by atoms with Crippen molar-refractivity contribution >= 4 is 17.5 Å². The van der Waals surface area contributed by atoms with Crippen molar-refractivity contribution in [2.24, 2.45) is 11.8 Å². The number of benzene rings is 2. The molecule has 0 radical (unpaired) electrons. The molecule has 2 fully saturated rings. The standard InChI is InChI=1S/C22H23ClN2O3/c1-14(26)25-11-17-10-24(12-18(17)22(25)15-5-3-2-4-6-15)9-16-7-20-21(8-19(16)23)28-13-27-20/h2-8,17-18,22H,9-13H2,1H3/t17-,18-,22+/m1/s1. The first-order chi connectivity index (χ1) is 13.6. The van der Waals surface area contributed by atoms with Crippen molar-refractivity contribution in [2.75, 3.05) is 26.4 Å². The van der Waals surface area contributed by atoms with Gasteiger partial charge in [-0.3, -0.25) is 9.69 Å². The topological polar surface area (TPSA) is 42.0 Å². The van der Waals surface area contributed by atoms with Crippen LogP contribution in [0.1, 0.15) is 24.1 Å². The molecule has 2 aromatic carbocycles. The summed E-state index contributed by atoms with van der Waals surface area (Å²) in [7, 11) is 0. The second-order valence-corrected chi connectivity index (χ2v) is 8.35. The third-order valence-electron chi connectivity index (χ3n) is 6.22. The van der Waals surface area contributed by atoms with Crippen molar-refractivity contribution in [1.82, 2.24) is 9.80 Å². The number of nitrogens with zero attached hydrogens (tertiary/aromatic N) is 2. The molecule has 1 amide bonds. The molecule has 3 aliphatic heterocycles. The summed E-state index contributed by atoms with van der Waals surface area (Å²) in [6, 6.07) is 14.4. The molecular formula is C22H23ClN2O3. The second-order valence-electron chi connectivity index (χ2n) is 7.94. The Morgan fingerprint density at radius 2 is 1.86 bits per heavy atom. The van der Waals surface area contributed by atoms with Crippen LogP contribution in [0.2, 0.25) is 5.02 Å². The van der Waals surface area contributed by atoms with Crippen LogP contribution in [0.5, 0.6) is 11.5 Å². The maximum Gasteiger partial charge on any atom is 0.231 e. The van der Waals surface area contributed by atoms with Gasteiger partial charge in [0, 0.05) is 50.1 Å². The van der Waals surface area contributed by atoms with E-state index in [2.05, 4.69) is 34.1 Å². The van der Waals surface area contributed by atoms with Crippen molar-refractivity contribution in [3.8, 4) is 11.5 Å². The monoisotopic (exact) mass is 398 g/mol. The zero-order valence-electron chi connectivity index (χ0n) is 15.8. The first-order valence-corrected chi connectivity index (χ1v) is 10.1. The summed E-state index contributed by atoms with van der Waals surface area (Å²) >= 11 is 6.48. The van der Waals surface area contributed by atoms with Crippen LogP contribution < -0.4 is 9.47 Å².